The second-order valence-corrected chi connectivity index (χ2v) is 8.44. The number of amides is 1. The molecule has 2 heterocycles. The van der Waals surface area contributed by atoms with Crippen molar-refractivity contribution in [3.63, 3.8) is 0 Å². The van der Waals surface area contributed by atoms with Gasteiger partial charge in [0.1, 0.15) is 5.82 Å². The Morgan fingerprint density at radius 2 is 1.74 bits per heavy atom. The van der Waals surface area contributed by atoms with Crippen LogP contribution in [0.15, 0.2) is 60.8 Å². The van der Waals surface area contributed by atoms with Crippen LogP contribution in [0.5, 0.6) is 0 Å². The summed E-state index contributed by atoms with van der Waals surface area (Å²) >= 11 is 0. The lowest BCUT2D eigenvalue weighted by molar-refractivity contribution is -0.121. The maximum absolute atomic E-state index is 13.4. The van der Waals surface area contributed by atoms with Crippen molar-refractivity contribution in [2.24, 2.45) is 0 Å². The summed E-state index contributed by atoms with van der Waals surface area (Å²) in [6, 6.07) is 16.9. The molecule has 1 saturated heterocycles. The highest BCUT2D eigenvalue weighted by Gasteiger charge is 2.37. The SMILES string of the molecule is CC(=O)NC1(c2ccc(F)cc2)CCN(Cc2cnn(Cc3ccccc3)c2C)CC1. The standard InChI is InChI=1S/C25H29FN4O/c1-19-22(16-27-30(19)17-21-6-4-3-5-7-21)18-29-14-12-25(13-15-29,28-20(2)31)23-8-10-24(26)11-9-23/h3-11,16H,12-15,17-18H2,1-2H3,(H,28,31). The van der Waals surface area contributed by atoms with E-state index in [1.165, 1.54) is 29.0 Å². The number of rotatable bonds is 6. The van der Waals surface area contributed by atoms with Crippen LogP contribution < -0.4 is 5.32 Å². The van der Waals surface area contributed by atoms with Gasteiger partial charge in [-0.15, -0.1) is 0 Å². The molecule has 0 spiro atoms. The molecule has 4 rings (SSSR count). The maximum Gasteiger partial charge on any atom is 0.217 e. The minimum atomic E-state index is -0.442. The molecular weight excluding hydrogens is 391 g/mol. The predicted molar refractivity (Wildman–Crippen MR) is 119 cm³/mol. The molecule has 1 N–H and O–H groups in total. The fourth-order valence-corrected chi connectivity index (χ4v) is 4.48. The third-order valence-electron chi connectivity index (χ3n) is 6.30. The molecule has 0 radical (unpaired) electrons. The zero-order chi connectivity index (χ0) is 21.8. The zero-order valence-corrected chi connectivity index (χ0v) is 18.1. The van der Waals surface area contributed by atoms with Crippen LogP contribution in [0.3, 0.4) is 0 Å². The first-order chi connectivity index (χ1) is 14.9. The Hall–Kier alpha value is -2.99. The van der Waals surface area contributed by atoms with Gasteiger partial charge in [-0.25, -0.2) is 4.39 Å². The van der Waals surface area contributed by atoms with E-state index in [-0.39, 0.29) is 11.7 Å². The topological polar surface area (TPSA) is 50.2 Å². The summed E-state index contributed by atoms with van der Waals surface area (Å²) in [5.41, 5.74) is 4.17. The molecule has 1 fully saturated rings. The number of carbonyl (C=O) groups excluding carboxylic acids is 1. The van der Waals surface area contributed by atoms with E-state index >= 15 is 0 Å². The number of nitrogens with one attached hydrogen (secondary N) is 1. The van der Waals surface area contributed by atoms with Gasteiger partial charge in [-0.2, -0.15) is 5.10 Å². The van der Waals surface area contributed by atoms with Crippen molar-refractivity contribution in [3.8, 4) is 0 Å². The van der Waals surface area contributed by atoms with Gasteiger partial charge in [0.25, 0.3) is 0 Å². The van der Waals surface area contributed by atoms with Gasteiger partial charge in [0, 0.05) is 37.8 Å². The first-order valence-corrected chi connectivity index (χ1v) is 10.8. The molecule has 162 valence electrons. The van der Waals surface area contributed by atoms with Crippen molar-refractivity contribution in [2.75, 3.05) is 13.1 Å². The number of likely N-dealkylation sites (tertiary alicyclic amines) is 1. The van der Waals surface area contributed by atoms with Gasteiger partial charge in [0.05, 0.1) is 18.3 Å². The van der Waals surface area contributed by atoms with E-state index in [1.54, 1.807) is 19.1 Å². The number of halogens is 1. The molecule has 31 heavy (non-hydrogen) atoms. The van der Waals surface area contributed by atoms with E-state index in [4.69, 9.17) is 0 Å². The first-order valence-electron chi connectivity index (χ1n) is 10.8. The Balaban J connectivity index is 1.43. The van der Waals surface area contributed by atoms with Crippen molar-refractivity contribution in [1.29, 1.82) is 0 Å². The Morgan fingerprint density at radius 1 is 1.06 bits per heavy atom. The van der Waals surface area contributed by atoms with Crippen LogP contribution in [-0.2, 0) is 23.4 Å². The van der Waals surface area contributed by atoms with Gasteiger partial charge in [-0.05, 0) is 43.0 Å². The first kappa shape index (κ1) is 21.2. The summed E-state index contributed by atoms with van der Waals surface area (Å²) in [7, 11) is 0. The highest BCUT2D eigenvalue weighted by Crippen LogP contribution is 2.34. The van der Waals surface area contributed by atoms with E-state index in [9.17, 15) is 9.18 Å². The number of hydrogen-bond acceptors (Lipinski definition) is 3. The molecule has 1 aromatic heterocycles. The Bertz CT molecular complexity index is 1020. The highest BCUT2D eigenvalue weighted by atomic mass is 19.1. The third-order valence-corrected chi connectivity index (χ3v) is 6.30. The van der Waals surface area contributed by atoms with Crippen LogP contribution in [0.4, 0.5) is 4.39 Å². The Labute approximate surface area is 182 Å². The van der Waals surface area contributed by atoms with Crippen molar-refractivity contribution in [3.05, 3.63) is 89.0 Å². The molecule has 1 amide bonds. The fraction of sp³-hybridized carbons (Fsp3) is 0.360. The van der Waals surface area contributed by atoms with Crippen molar-refractivity contribution >= 4 is 5.91 Å². The van der Waals surface area contributed by atoms with Crippen molar-refractivity contribution in [2.45, 2.75) is 45.3 Å². The number of nitrogens with zero attached hydrogens (tertiary/aromatic N) is 3. The summed E-state index contributed by atoms with van der Waals surface area (Å²) < 4.78 is 15.5. The van der Waals surface area contributed by atoms with Crippen LogP contribution in [0.1, 0.15) is 42.1 Å². The molecule has 1 aliphatic heterocycles. The normalized spacial score (nSPS) is 16.2. The molecule has 0 unspecified atom stereocenters. The molecule has 0 bridgehead atoms. The van der Waals surface area contributed by atoms with Crippen LogP contribution in [0.25, 0.3) is 0 Å². The van der Waals surface area contributed by atoms with E-state index < -0.39 is 5.54 Å². The van der Waals surface area contributed by atoms with Gasteiger partial charge < -0.3 is 5.32 Å². The number of benzene rings is 2. The molecule has 3 aromatic rings. The minimum absolute atomic E-state index is 0.0594. The van der Waals surface area contributed by atoms with E-state index in [0.29, 0.717) is 0 Å². The van der Waals surface area contributed by atoms with Gasteiger partial charge >= 0.3 is 0 Å². The number of piperidine rings is 1. The molecular formula is C25H29FN4O. The van der Waals surface area contributed by atoms with Gasteiger partial charge in [-0.3, -0.25) is 14.4 Å². The average Bonchev–Trinajstić information content (AvgIpc) is 3.09. The van der Waals surface area contributed by atoms with E-state index in [0.717, 1.165) is 44.6 Å². The molecule has 2 aromatic carbocycles. The summed E-state index contributed by atoms with van der Waals surface area (Å²) in [6.07, 6.45) is 3.54. The van der Waals surface area contributed by atoms with Gasteiger partial charge in [0.2, 0.25) is 5.91 Å². The summed E-state index contributed by atoms with van der Waals surface area (Å²) in [5, 5.41) is 7.75. The number of carbonyl (C=O) groups is 1. The molecule has 0 saturated carbocycles. The van der Waals surface area contributed by atoms with Crippen LogP contribution in [0, 0.1) is 12.7 Å². The minimum Gasteiger partial charge on any atom is -0.347 e. The second kappa shape index (κ2) is 9.02. The lowest BCUT2D eigenvalue weighted by Gasteiger charge is -2.42. The van der Waals surface area contributed by atoms with E-state index in [2.05, 4.69) is 39.1 Å². The summed E-state index contributed by atoms with van der Waals surface area (Å²) in [5.74, 6) is -0.321. The third kappa shape index (κ3) is 4.85. The lowest BCUT2D eigenvalue weighted by Crippen LogP contribution is -2.52. The second-order valence-electron chi connectivity index (χ2n) is 8.44. The van der Waals surface area contributed by atoms with Crippen LogP contribution in [0.2, 0.25) is 0 Å². The number of hydrogen-bond donors (Lipinski definition) is 1. The molecule has 0 aliphatic carbocycles. The predicted octanol–water partition coefficient (Wildman–Crippen LogP) is 4.01. The number of aromatic nitrogens is 2. The maximum atomic E-state index is 13.4. The quantitative estimate of drug-likeness (QED) is 0.656. The lowest BCUT2D eigenvalue weighted by atomic mass is 9.80. The van der Waals surface area contributed by atoms with Crippen LogP contribution in [-0.4, -0.2) is 33.7 Å². The molecule has 0 atom stereocenters. The monoisotopic (exact) mass is 420 g/mol. The van der Waals surface area contributed by atoms with E-state index in [1.807, 2.05) is 24.4 Å². The molecule has 5 nitrogen and oxygen atoms in total. The van der Waals surface area contributed by atoms with Crippen molar-refractivity contribution in [1.82, 2.24) is 20.0 Å². The highest BCUT2D eigenvalue weighted by molar-refractivity contribution is 5.74. The summed E-state index contributed by atoms with van der Waals surface area (Å²) in [6.45, 7) is 6.96. The molecule has 6 heteroatoms. The Morgan fingerprint density at radius 3 is 2.39 bits per heavy atom. The van der Waals surface area contributed by atoms with Gasteiger partial charge in [-0.1, -0.05) is 42.5 Å². The fourth-order valence-electron chi connectivity index (χ4n) is 4.48. The van der Waals surface area contributed by atoms with Crippen molar-refractivity contribution < 1.29 is 9.18 Å². The summed E-state index contributed by atoms with van der Waals surface area (Å²) in [4.78, 5) is 14.3. The Kier molecular flexibility index (Phi) is 6.18. The smallest absolute Gasteiger partial charge is 0.217 e. The van der Waals surface area contributed by atoms with Gasteiger partial charge in [0.15, 0.2) is 0 Å². The molecule has 1 aliphatic rings. The zero-order valence-electron chi connectivity index (χ0n) is 18.1. The largest absolute Gasteiger partial charge is 0.347 e. The van der Waals surface area contributed by atoms with Crippen LogP contribution >= 0.6 is 0 Å². The average molecular weight is 421 g/mol.